The molecule has 0 saturated carbocycles. The van der Waals surface area contributed by atoms with Crippen LogP contribution in [0.4, 0.5) is 0 Å². The molecule has 1 N–H and O–H groups in total. The first kappa shape index (κ1) is 10.9. The van der Waals surface area contributed by atoms with E-state index >= 15 is 0 Å². The van der Waals surface area contributed by atoms with Gasteiger partial charge in [-0.25, -0.2) is 9.78 Å². The summed E-state index contributed by atoms with van der Waals surface area (Å²) >= 11 is 0. The molecule has 0 aliphatic heterocycles. The summed E-state index contributed by atoms with van der Waals surface area (Å²) in [5.41, 5.74) is 0.844. The molecule has 3 heterocycles. The van der Waals surface area contributed by atoms with Crippen molar-refractivity contribution in [2.45, 2.75) is 0 Å². The number of nitrogens with zero attached hydrogens (tertiary/aromatic N) is 2. The van der Waals surface area contributed by atoms with Crippen molar-refractivity contribution in [3.05, 3.63) is 57.2 Å². The second-order valence-corrected chi connectivity index (χ2v) is 4.39. The summed E-state index contributed by atoms with van der Waals surface area (Å²) in [6.07, 6.45) is 0. The Morgan fingerprint density at radius 1 is 0.950 bits per heavy atom. The van der Waals surface area contributed by atoms with Gasteiger partial charge in [0.15, 0.2) is 11.1 Å². The third-order valence-corrected chi connectivity index (χ3v) is 3.08. The van der Waals surface area contributed by atoms with Crippen LogP contribution < -0.4 is 11.2 Å². The van der Waals surface area contributed by atoms with E-state index in [2.05, 4.69) is 15.0 Å². The number of aromatic nitrogens is 3. The standard InChI is InChI=1S/C14H7N3O3/c18-13-12-9(16-14(19)17-13)6-11-8(15-12)5-7-3-1-2-4-10(7)20-11/h1-6H,(H,17,18,19). The summed E-state index contributed by atoms with van der Waals surface area (Å²) in [4.78, 5) is 33.0. The van der Waals surface area contributed by atoms with Crippen LogP contribution in [0.2, 0.25) is 0 Å². The second-order valence-electron chi connectivity index (χ2n) is 4.39. The van der Waals surface area contributed by atoms with Crippen LogP contribution in [0.3, 0.4) is 0 Å². The van der Waals surface area contributed by atoms with Crippen molar-refractivity contribution in [3.8, 4) is 0 Å². The van der Waals surface area contributed by atoms with Crippen molar-refractivity contribution in [1.29, 1.82) is 0 Å². The molecule has 0 atom stereocenters. The van der Waals surface area contributed by atoms with Crippen molar-refractivity contribution in [2.24, 2.45) is 0 Å². The molecule has 0 bridgehead atoms. The summed E-state index contributed by atoms with van der Waals surface area (Å²) in [6, 6.07) is 10.9. The Kier molecular flexibility index (Phi) is 2.03. The van der Waals surface area contributed by atoms with Crippen molar-refractivity contribution in [1.82, 2.24) is 15.0 Å². The van der Waals surface area contributed by atoms with Crippen molar-refractivity contribution < 1.29 is 4.42 Å². The molecule has 0 amide bonds. The molecule has 0 aliphatic rings. The van der Waals surface area contributed by atoms with E-state index in [0.29, 0.717) is 16.7 Å². The lowest BCUT2D eigenvalue weighted by Gasteiger charge is -2.02. The van der Waals surface area contributed by atoms with Crippen LogP contribution in [0, 0.1) is 0 Å². The molecule has 6 nitrogen and oxygen atoms in total. The van der Waals surface area contributed by atoms with Gasteiger partial charge in [0.1, 0.15) is 16.6 Å². The molecule has 1 aromatic carbocycles. The Bertz CT molecular complexity index is 1100. The van der Waals surface area contributed by atoms with Crippen LogP contribution in [0.25, 0.3) is 33.1 Å². The van der Waals surface area contributed by atoms with Gasteiger partial charge in [0.2, 0.25) is 0 Å². The minimum Gasteiger partial charge on any atom is -0.454 e. The third kappa shape index (κ3) is 1.51. The maximum absolute atomic E-state index is 11.7. The van der Waals surface area contributed by atoms with Gasteiger partial charge in [0, 0.05) is 11.5 Å². The highest BCUT2D eigenvalue weighted by molar-refractivity contribution is 5.92. The van der Waals surface area contributed by atoms with Crippen LogP contribution in [0.1, 0.15) is 0 Å². The maximum atomic E-state index is 11.7. The zero-order valence-electron chi connectivity index (χ0n) is 10.1. The van der Waals surface area contributed by atoms with E-state index in [4.69, 9.17) is 4.42 Å². The maximum Gasteiger partial charge on any atom is 0.348 e. The smallest absolute Gasteiger partial charge is 0.348 e. The Labute approximate surface area is 110 Å². The van der Waals surface area contributed by atoms with Crippen molar-refractivity contribution in [3.63, 3.8) is 0 Å². The van der Waals surface area contributed by atoms with Gasteiger partial charge in [-0.2, -0.15) is 4.98 Å². The van der Waals surface area contributed by atoms with Gasteiger partial charge >= 0.3 is 5.69 Å². The highest BCUT2D eigenvalue weighted by Crippen LogP contribution is 2.22. The molecular weight excluding hydrogens is 258 g/mol. The highest BCUT2D eigenvalue weighted by atomic mass is 16.3. The average Bonchev–Trinajstić information content (AvgIpc) is 2.43. The van der Waals surface area contributed by atoms with E-state index < -0.39 is 11.2 Å². The number of fused-ring (bicyclic) bond motifs is 3. The largest absolute Gasteiger partial charge is 0.454 e. The monoisotopic (exact) mass is 265 g/mol. The van der Waals surface area contributed by atoms with E-state index in [1.54, 1.807) is 6.07 Å². The predicted molar refractivity (Wildman–Crippen MR) is 73.7 cm³/mol. The average molecular weight is 265 g/mol. The van der Waals surface area contributed by atoms with E-state index in [9.17, 15) is 9.59 Å². The number of aromatic amines is 1. The lowest BCUT2D eigenvalue weighted by molar-refractivity contribution is 0.660. The Morgan fingerprint density at radius 3 is 2.70 bits per heavy atom. The molecule has 0 spiro atoms. The molecule has 20 heavy (non-hydrogen) atoms. The zero-order valence-corrected chi connectivity index (χ0v) is 10.1. The first-order valence-electron chi connectivity index (χ1n) is 5.94. The number of pyridine rings is 1. The lowest BCUT2D eigenvalue weighted by atomic mass is 10.2. The number of nitrogens with one attached hydrogen (secondary N) is 1. The molecule has 0 saturated heterocycles. The molecule has 0 fully saturated rings. The number of hydrogen-bond acceptors (Lipinski definition) is 5. The summed E-state index contributed by atoms with van der Waals surface area (Å²) in [6.45, 7) is 0. The quantitative estimate of drug-likeness (QED) is 0.487. The minimum absolute atomic E-state index is 0.127. The normalized spacial score (nSPS) is 11.4. The fraction of sp³-hybridized carbons (Fsp3) is 0. The van der Waals surface area contributed by atoms with Gasteiger partial charge in [-0.1, -0.05) is 18.2 Å². The summed E-state index contributed by atoms with van der Waals surface area (Å²) in [7, 11) is 0. The van der Waals surface area contributed by atoms with Crippen LogP contribution in [-0.2, 0) is 0 Å². The lowest BCUT2D eigenvalue weighted by Crippen LogP contribution is -2.22. The predicted octanol–water partition coefficient (Wildman–Crippen LogP) is 1.58. The molecule has 6 heteroatoms. The third-order valence-electron chi connectivity index (χ3n) is 3.08. The first-order valence-corrected chi connectivity index (χ1v) is 5.94. The number of hydrogen-bond donors (Lipinski definition) is 1. The van der Waals surface area contributed by atoms with Gasteiger partial charge in [0.25, 0.3) is 5.56 Å². The van der Waals surface area contributed by atoms with Crippen LogP contribution in [-0.4, -0.2) is 15.0 Å². The minimum atomic E-state index is -0.690. The van der Waals surface area contributed by atoms with E-state index in [-0.39, 0.29) is 11.0 Å². The molecule has 96 valence electrons. The van der Waals surface area contributed by atoms with Crippen LogP contribution in [0.5, 0.6) is 0 Å². The van der Waals surface area contributed by atoms with E-state index in [1.165, 1.54) is 0 Å². The molecule has 0 radical (unpaired) electrons. The number of benzene rings is 1. The highest BCUT2D eigenvalue weighted by Gasteiger charge is 2.08. The Morgan fingerprint density at radius 2 is 1.80 bits per heavy atom. The molecular formula is C14H7N3O3. The van der Waals surface area contributed by atoms with Gasteiger partial charge < -0.3 is 4.42 Å². The summed E-state index contributed by atoms with van der Waals surface area (Å²) in [5.74, 6) is 0. The Hall–Kier alpha value is -3.02. The van der Waals surface area contributed by atoms with Crippen LogP contribution >= 0.6 is 0 Å². The molecule has 0 unspecified atom stereocenters. The number of para-hydroxylation sites is 1. The van der Waals surface area contributed by atoms with Crippen LogP contribution in [0.15, 0.2) is 50.4 Å². The van der Waals surface area contributed by atoms with Crippen molar-refractivity contribution in [2.75, 3.05) is 0 Å². The number of rotatable bonds is 0. The molecule has 3 aromatic heterocycles. The summed E-state index contributed by atoms with van der Waals surface area (Å²) in [5, 5.41) is 0.886. The second kappa shape index (κ2) is 3.74. The van der Waals surface area contributed by atoms with Gasteiger partial charge in [-0.05, 0) is 12.1 Å². The fourth-order valence-corrected chi connectivity index (χ4v) is 2.19. The first-order chi connectivity index (χ1) is 9.70. The molecule has 4 rings (SSSR count). The van der Waals surface area contributed by atoms with Gasteiger partial charge in [-0.15, -0.1) is 0 Å². The van der Waals surface area contributed by atoms with E-state index in [0.717, 1.165) is 5.39 Å². The SMILES string of the molecule is O=c1nc2cc3oc4ccccc4cc3nc2c(=O)[nH]1. The topological polar surface area (TPSA) is 88.8 Å². The number of H-pyrrole nitrogens is 1. The molecule has 0 aliphatic carbocycles. The van der Waals surface area contributed by atoms with Crippen molar-refractivity contribution >= 4 is 33.1 Å². The molecule has 4 aromatic rings. The zero-order chi connectivity index (χ0) is 13.7. The fourth-order valence-electron chi connectivity index (χ4n) is 2.19. The van der Waals surface area contributed by atoms with Gasteiger partial charge in [0.05, 0.1) is 0 Å². The Balaban J connectivity index is 2.24. The summed E-state index contributed by atoms with van der Waals surface area (Å²) < 4.78 is 5.72. The van der Waals surface area contributed by atoms with E-state index in [1.807, 2.05) is 30.3 Å². The van der Waals surface area contributed by atoms with Gasteiger partial charge in [-0.3, -0.25) is 9.78 Å².